The first-order valence-corrected chi connectivity index (χ1v) is 6.91. The van der Waals surface area contributed by atoms with Crippen LogP contribution in [-0.2, 0) is 11.9 Å². The first-order valence-electron chi connectivity index (χ1n) is 4.97. The third-order valence-electron chi connectivity index (χ3n) is 2.12. The molecule has 2 rings (SSSR count). The average Bonchev–Trinajstić information content (AvgIpc) is 2.76. The maximum absolute atomic E-state index is 5.64. The third-order valence-corrected chi connectivity index (χ3v) is 4.06. The SMILES string of the molecule is Cc1ccc(OCc2ncc(CBr)s2)cc1. The Morgan fingerprint density at radius 1 is 1.31 bits per heavy atom. The Morgan fingerprint density at radius 2 is 2.06 bits per heavy atom. The molecule has 0 unspecified atom stereocenters. The zero-order chi connectivity index (χ0) is 11.4. The van der Waals surface area contributed by atoms with Crippen molar-refractivity contribution in [3.8, 4) is 5.75 Å². The van der Waals surface area contributed by atoms with Gasteiger partial charge in [0.05, 0.1) is 0 Å². The molecule has 84 valence electrons. The molecule has 0 atom stereocenters. The number of hydrogen-bond acceptors (Lipinski definition) is 3. The second kappa shape index (κ2) is 5.46. The van der Waals surface area contributed by atoms with Gasteiger partial charge < -0.3 is 4.74 Å². The minimum Gasteiger partial charge on any atom is -0.486 e. The molecule has 0 saturated carbocycles. The summed E-state index contributed by atoms with van der Waals surface area (Å²) < 4.78 is 5.64. The van der Waals surface area contributed by atoms with Gasteiger partial charge in [0.1, 0.15) is 17.4 Å². The van der Waals surface area contributed by atoms with Crippen molar-refractivity contribution in [3.63, 3.8) is 0 Å². The van der Waals surface area contributed by atoms with Crippen LogP contribution in [0.2, 0.25) is 0 Å². The number of rotatable bonds is 4. The van der Waals surface area contributed by atoms with Gasteiger partial charge >= 0.3 is 0 Å². The van der Waals surface area contributed by atoms with E-state index in [1.165, 1.54) is 10.4 Å². The van der Waals surface area contributed by atoms with Crippen molar-refractivity contribution in [1.29, 1.82) is 0 Å². The average molecular weight is 298 g/mol. The van der Waals surface area contributed by atoms with E-state index in [0.29, 0.717) is 6.61 Å². The number of thiazole rings is 1. The number of aromatic nitrogens is 1. The molecule has 4 heteroatoms. The molecule has 0 amide bonds. The topological polar surface area (TPSA) is 22.1 Å². The molecular formula is C12H12BrNOS. The summed E-state index contributed by atoms with van der Waals surface area (Å²) in [7, 11) is 0. The van der Waals surface area contributed by atoms with Crippen LogP contribution in [0.4, 0.5) is 0 Å². The van der Waals surface area contributed by atoms with Gasteiger partial charge in [-0.2, -0.15) is 0 Å². The van der Waals surface area contributed by atoms with Gasteiger partial charge in [-0.05, 0) is 19.1 Å². The van der Waals surface area contributed by atoms with Crippen molar-refractivity contribution < 1.29 is 4.74 Å². The van der Waals surface area contributed by atoms with Gasteiger partial charge in [-0.15, -0.1) is 11.3 Å². The summed E-state index contributed by atoms with van der Waals surface area (Å²) in [6.07, 6.45) is 1.88. The van der Waals surface area contributed by atoms with E-state index in [1.54, 1.807) is 11.3 Å². The normalized spacial score (nSPS) is 10.4. The highest BCUT2D eigenvalue weighted by molar-refractivity contribution is 9.08. The first-order chi connectivity index (χ1) is 7.78. The Labute approximate surface area is 107 Å². The lowest BCUT2D eigenvalue weighted by atomic mass is 10.2. The first kappa shape index (κ1) is 11.6. The van der Waals surface area contributed by atoms with E-state index < -0.39 is 0 Å². The predicted octanol–water partition coefficient (Wildman–Crippen LogP) is 3.93. The Hall–Kier alpha value is -0.870. The van der Waals surface area contributed by atoms with E-state index in [1.807, 2.05) is 30.5 Å². The molecule has 2 nitrogen and oxygen atoms in total. The number of ether oxygens (including phenoxy) is 1. The lowest BCUT2D eigenvalue weighted by Crippen LogP contribution is -1.93. The highest BCUT2D eigenvalue weighted by atomic mass is 79.9. The minimum atomic E-state index is 0.542. The summed E-state index contributed by atoms with van der Waals surface area (Å²) in [6.45, 7) is 2.60. The van der Waals surface area contributed by atoms with Gasteiger partial charge in [0.25, 0.3) is 0 Å². The molecular weight excluding hydrogens is 286 g/mol. The highest BCUT2D eigenvalue weighted by Crippen LogP contribution is 2.18. The number of hydrogen-bond donors (Lipinski definition) is 0. The largest absolute Gasteiger partial charge is 0.486 e. The summed E-state index contributed by atoms with van der Waals surface area (Å²) in [5.41, 5.74) is 1.24. The van der Waals surface area contributed by atoms with E-state index >= 15 is 0 Å². The van der Waals surface area contributed by atoms with Gasteiger partial charge in [0.15, 0.2) is 0 Å². The zero-order valence-electron chi connectivity index (χ0n) is 8.94. The summed E-state index contributed by atoms with van der Waals surface area (Å²) in [4.78, 5) is 5.51. The molecule has 0 aliphatic carbocycles. The van der Waals surface area contributed by atoms with E-state index in [2.05, 4.69) is 27.8 Å². The molecule has 16 heavy (non-hydrogen) atoms. The van der Waals surface area contributed by atoms with Crippen molar-refractivity contribution in [1.82, 2.24) is 4.98 Å². The van der Waals surface area contributed by atoms with Gasteiger partial charge in [0, 0.05) is 16.4 Å². The standard InChI is InChI=1S/C12H12BrNOS/c1-9-2-4-10(5-3-9)15-8-12-14-7-11(6-13)16-12/h2-5,7H,6,8H2,1H3. The molecule has 1 aromatic carbocycles. The van der Waals surface area contributed by atoms with Crippen LogP contribution in [0.1, 0.15) is 15.4 Å². The van der Waals surface area contributed by atoms with Gasteiger partial charge in [-0.25, -0.2) is 4.98 Å². The van der Waals surface area contributed by atoms with Gasteiger partial charge in [-0.1, -0.05) is 33.6 Å². The maximum Gasteiger partial charge on any atom is 0.140 e. The molecule has 0 saturated heterocycles. The Kier molecular flexibility index (Phi) is 3.96. The molecule has 0 fully saturated rings. The van der Waals surface area contributed by atoms with Crippen molar-refractivity contribution in [2.45, 2.75) is 18.9 Å². The second-order valence-electron chi connectivity index (χ2n) is 3.46. The van der Waals surface area contributed by atoms with Crippen LogP contribution < -0.4 is 4.74 Å². The van der Waals surface area contributed by atoms with E-state index in [9.17, 15) is 0 Å². The van der Waals surface area contributed by atoms with Crippen LogP contribution in [0.3, 0.4) is 0 Å². The molecule has 0 N–H and O–H groups in total. The van der Waals surface area contributed by atoms with Crippen molar-refractivity contribution in [3.05, 3.63) is 45.9 Å². The fourth-order valence-corrected chi connectivity index (χ4v) is 2.43. The number of benzene rings is 1. The number of nitrogens with zero attached hydrogens (tertiary/aromatic N) is 1. The zero-order valence-corrected chi connectivity index (χ0v) is 11.3. The van der Waals surface area contributed by atoms with Crippen LogP contribution in [0.5, 0.6) is 5.75 Å². The number of aryl methyl sites for hydroxylation is 1. The monoisotopic (exact) mass is 297 g/mol. The molecule has 0 spiro atoms. The smallest absolute Gasteiger partial charge is 0.140 e. The summed E-state index contributed by atoms with van der Waals surface area (Å²) in [5.74, 6) is 0.890. The van der Waals surface area contributed by atoms with Gasteiger partial charge in [0.2, 0.25) is 0 Å². The number of halogens is 1. The summed E-state index contributed by atoms with van der Waals surface area (Å²) in [5, 5.41) is 1.87. The van der Waals surface area contributed by atoms with E-state index in [4.69, 9.17) is 4.74 Å². The van der Waals surface area contributed by atoms with Crippen LogP contribution in [0.25, 0.3) is 0 Å². The van der Waals surface area contributed by atoms with Crippen LogP contribution >= 0.6 is 27.3 Å². The fourth-order valence-electron chi connectivity index (χ4n) is 1.26. The molecule has 1 aromatic heterocycles. The summed E-state index contributed by atoms with van der Waals surface area (Å²) in [6, 6.07) is 8.05. The van der Waals surface area contributed by atoms with Crippen LogP contribution in [0, 0.1) is 6.92 Å². The Morgan fingerprint density at radius 3 is 2.69 bits per heavy atom. The van der Waals surface area contributed by atoms with E-state index in [0.717, 1.165) is 16.1 Å². The second-order valence-corrected chi connectivity index (χ2v) is 5.22. The van der Waals surface area contributed by atoms with Gasteiger partial charge in [-0.3, -0.25) is 0 Å². The molecule has 0 radical (unpaired) electrons. The van der Waals surface area contributed by atoms with Crippen molar-refractivity contribution in [2.75, 3.05) is 0 Å². The molecule has 0 aliphatic rings. The maximum atomic E-state index is 5.64. The molecule has 1 heterocycles. The predicted molar refractivity (Wildman–Crippen MR) is 70.3 cm³/mol. The van der Waals surface area contributed by atoms with Crippen LogP contribution in [0.15, 0.2) is 30.5 Å². The quantitative estimate of drug-likeness (QED) is 0.798. The summed E-state index contributed by atoms with van der Waals surface area (Å²) >= 11 is 5.08. The molecule has 2 aromatic rings. The Balaban J connectivity index is 1.94. The molecule has 0 aliphatic heterocycles. The molecule has 0 bridgehead atoms. The Bertz CT molecular complexity index is 452. The highest BCUT2D eigenvalue weighted by Gasteiger charge is 2.01. The third kappa shape index (κ3) is 3.06. The lowest BCUT2D eigenvalue weighted by molar-refractivity contribution is 0.305. The lowest BCUT2D eigenvalue weighted by Gasteiger charge is -2.03. The number of alkyl halides is 1. The van der Waals surface area contributed by atoms with Crippen LogP contribution in [-0.4, -0.2) is 4.98 Å². The van der Waals surface area contributed by atoms with Crippen molar-refractivity contribution in [2.24, 2.45) is 0 Å². The minimum absolute atomic E-state index is 0.542. The fraction of sp³-hybridized carbons (Fsp3) is 0.250. The van der Waals surface area contributed by atoms with E-state index in [-0.39, 0.29) is 0 Å². The van der Waals surface area contributed by atoms with Crippen molar-refractivity contribution >= 4 is 27.3 Å².